The minimum absolute atomic E-state index is 0.0105. The second kappa shape index (κ2) is 6.46. The van der Waals surface area contributed by atoms with Crippen molar-refractivity contribution in [1.82, 2.24) is 19.6 Å². The van der Waals surface area contributed by atoms with Gasteiger partial charge in [-0.05, 0) is 25.0 Å². The van der Waals surface area contributed by atoms with E-state index < -0.39 is 0 Å². The summed E-state index contributed by atoms with van der Waals surface area (Å²) in [6, 6.07) is 3.57. The van der Waals surface area contributed by atoms with Crippen molar-refractivity contribution in [2.75, 3.05) is 11.9 Å². The van der Waals surface area contributed by atoms with Gasteiger partial charge in [0.05, 0.1) is 17.1 Å². The highest BCUT2D eigenvalue weighted by molar-refractivity contribution is 7.15. The number of imidazole rings is 1. The van der Waals surface area contributed by atoms with Gasteiger partial charge in [-0.3, -0.25) is 4.79 Å². The zero-order chi connectivity index (χ0) is 16.5. The molecule has 4 heterocycles. The van der Waals surface area contributed by atoms with Gasteiger partial charge in [-0.25, -0.2) is 4.98 Å². The molecule has 0 saturated carbocycles. The van der Waals surface area contributed by atoms with E-state index in [4.69, 9.17) is 16.3 Å². The molecule has 1 unspecified atom stereocenters. The first kappa shape index (κ1) is 15.5. The number of carbonyl (C=O) groups excluding carboxylic acids is 1. The van der Waals surface area contributed by atoms with Crippen molar-refractivity contribution in [1.29, 1.82) is 0 Å². The standard InChI is InChI=1S/C15H14ClN5O2S/c16-9-3-4-12-17-10(8-21(12)7-9)6-13(22)18-15-20-19-14(24-15)11-2-1-5-23-11/h3-4,7-8,11H,1-2,5-6H2,(H,18,20,22). The lowest BCUT2D eigenvalue weighted by atomic mass is 10.2. The second-order valence-corrected chi connectivity index (χ2v) is 6.96. The van der Waals surface area contributed by atoms with E-state index in [9.17, 15) is 4.79 Å². The first-order valence-electron chi connectivity index (χ1n) is 7.55. The van der Waals surface area contributed by atoms with Crippen LogP contribution < -0.4 is 5.32 Å². The fourth-order valence-electron chi connectivity index (χ4n) is 2.62. The first-order chi connectivity index (χ1) is 11.7. The van der Waals surface area contributed by atoms with Gasteiger partial charge < -0.3 is 14.5 Å². The number of rotatable bonds is 4. The summed E-state index contributed by atoms with van der Waals surface area (Å²) in [5.74, 6) is -0.181. The molecule has 1 amide bonds. The van der Waals surface area contributed by atoms with E-state index in [0.717, 1.165) is 30.1 Å². The topological polar surface area (TPSA) is 81.4 Å². The number of halogens is 1. The number of anilines is 1. The van der Waals surface area contributed by atoms with Crippen LogP contribution in [0.25, 0.3) is 5.65 Å². The molecule has 9 heteroatoms. The largest absolute Gasteiger partial charge is 0.371 e. The molecule has 0 spiro atoms. The summed E-state index contributed by atoms with van der Waals surface area (Å²) >= 11 is 7.30. The lowest BCUT2D eigenvalue weighted by Crippen LogP contribution is -2.14. The number of pyridine rings is 1. The molecule has 7 nitrogen and oxygen atoms in total. The first-order valence-corrected chi connectivity index (χ1v) is 8.75. The van der Waals surface area contributed by atoms with Gasteiger partial charge in [0.2, 0.25) is 11.0 Å². The molecule has 1 N–H and O–H groups in total. The molecule has 1 aliphatic rings. The molecule has 1 atom stereocenters. The lowest BCUT2D eigenvalue weighted by Gasteiger charge is -2.02. The zero-order valence-electron chi connectivity index (χ0n) is 12.6. The van der Waals surface area contributed by atoms with Crippen LogP contribution in [0, 0.1) is 0 Å². The highest BCUT2D eigenvalue weighted by Gasteiger charge is 2.22. The van der Waals surface area contributed by atoms with Gasteiger partial charge in [-0.1, -0.05) is 22.9 Å². The summed E-state index contributed by atoms with van der Waals surface area (Å²) in [5, 5.41) is 12.8. The minimum Gasteiger partial charge on any atom is -0.371 e. The number of fused-ring (bicyclic) bond motifs is 1. The van der Waals surface area contributed by atoms with E-state index in [1.165, 1.54) is 11.3 Å². The molecule has 1 fully saturated rings. The third-order valence-electron chi connectivity index (χ3n) is 3.70. The highest BCUT2D eigenvalue weighted by atomic mass is 35.5. The van der Waals surface area contributed by atoms with E-state index in [1.807, 2.05) is 6.07 Å². The van der Waals surface area contributed by atoms with Crippen molar-refractivity contribution in [2.24, 2.45) is 0 Å². The third-order valence-corrected chi connectivity index (χ3v) is 4.85. The predicted octanol–water partition coefficient (Wildman–Crippen LogP) is 2.87. The Morgan fingerprint density at radius 2 is 2.33 bits per heavy atom. The molecular formula is C15H14ClN5O2S. The van der Waals surface area contributed by atoms with Crippen molar-refractivity contribution < 1.29 is 9.53 Å². The molecule has 4 rings (SSSR count). The predicted molar refractivity (Wildman–Crippen MR) is 90.4 cm³/mol. The SMILES string of the molecule is O=C(Cc1cn2cc(Cl)ccc2n1)Nc1nnc(C2CCCO2)s1. The quantitative estimate of drug-likeness (QED) is 0.770. The average molecular weight is 364 g/mol. The smallest absolute Gasteiger partial charge is 0.232 e. The molecule has 3 aromatic heterocycles. The van der Waals surface area contributed by atoms with E-state index in [2.05, 4.69) is 20.5 Å². The number of nitrogens with one attached hydrogen (secondary N) is 1. The molecule has 0 aromatic carbocycles. The molecular weight excluding hydrogens is 350 g/mol. The Kier molecular flexibility index (Phi) is 4.17. The molecule has 1 saturated heterocycles. The number of ether oxygens (including phenoxy) is 1. The summed E-state index contributed by atoms with van der Waals surface area (Å²) in [6.45, 7) is 0.754. The Hall–Kier alpha value is -2.03. The van der Waals surface area contributed by atoms with Gasteiger partial charge in [0.1, 0.15) is 16.8 Å². The summed E-state index contributed by atoms with van der Waals surface area (Å²) < 4.78 is 7.36. The van der Waals surface area contributed by atoms with Gasteiger partial charge in [0.25, 0.3) is 0 Å². The summed E-state index contributed by atoms with van der Waals surface area (Å²) in [4.78, 5) is 16.6. The van der Waals surface area contributed by atoms with Gasteiger partial charge >= 0.3 is 0 Å². The average Bonchev–Trinajstić information content (AvgIpc) is 3.25. The molecule has 3 aromatic rings. The van der Waals surface area contributed by atoms with Gasteiger partial charge in [0, 0.05) is 19.0 Å². The summed E-state index contributed by atoms with van der Waals surface area (Å²) in [7, 11) is 0. The molecule has 0 radical (unpaired) electrons. The van der Waals surface area contributed by atoms with Crippen LogP contribution in [0.2, 0.25) is 5.02 Å². The monoisotopic (exact) mass is 363 g/mol. The highest BCUT2D eigenvalue weighted by Crippen LogP contribution is 2.31. The second-order valence-electron chi connectivity index (χ2n) is 5.52. The van der Waals surface area contributed by atoms with Gasteiger partial charge in [0.15, 0.2) is 0 Å². The Balaban J connectivity index is 1.42. The Morgan fingerprint density at radius 3 is 3.17 bits per heavy atom. The minimum atomic E-state index is -0.181. The maximum absolute atomic E-state index is 12.2. The van der Waals surface area contributed by atoms with Gasteiger partial charge in [-0.15, -0.1) is 10.2 Å². The zero-order valence-corrected chi connectivity index (χ0v) is 14.2. The van der Waals surface area contributed by atoms with Crippen LogP contribution >= 0.6 is 22.9 Å². The van der Waals surface area contributed by atoms with Crippen LogP contribution in [-0.2, 0) is 16.0 Å². The van der Waals surface area contributed by atoms with E-state index in [1.54, 1.807) is 22.9 Å². The van der Waals surface area contributed by atoms with Crippen LogP contribution in [0.1, 0.15) is 29.6 Å². The molecule has 0 aliphatic carbocycles. The third kappa shape index (κ3) is 3.26. The number of amides is 1. The molecule has 124 valence electrons. The normalized spacial score (nSPS) is 17.5. The van der Waals surface area contributed by atoms with E-state index >= 15 is 0 Å². The van der Waals surface area contributed by atoms with Crippen LogP contribution in [-0.4, -0.2) is 32.1 Å². The number of nitrogens with zero attached hydrogens (tertiary/aromatic N) is 4. The maximum atomic E-state index is 12.2. The van der Waals surface area contributed by atoms with Crippen molar-refractivity contribution in [2.45, 2.75) is 25.4 Å². The Bertz CT molecular complexity index is 887. The number of carbonyl (C=O) groups is 1. The van der Waals surface area contributed by atoms with Crippen molar-refractivity contribution >= 4 is 39.6 Å². The lowest BCUT2D eigenvalue weighted by molar-refractivity contribution is -0.115. The van der Waals surface area contributed by atoms with E-state index in [-0.39, 0.29) is 18.4 Å². The fraction of sp³-hybridized carbons (Fsp3) is 0.333. The van der Waals surface area contributed by atoms with Crippen molar-refractivity contribution in [3.8, 4) is 0 Å². The number of hydrogen-bond acceptors (Lipinski definition) is 6. The maximum Gasteiger partial charge on any atom is 0.232 e. The van der Waals surface area contributed by atoms with Crippen LogP contribution in [0.4, 0.5) is 5.13 Å². The van der Waals surface area contributed by atoms with Crippen LogP contribution in [0.3, 0.4) is 0 Å². The summed E-state index contributed by atoms with van der Waals surface area (Å²) in [6.07, 6.45) is 5.70. The fourth-order valence-corrected chi connectivity index (χ4v) is 3.63. The number of hydrogen-bond donors (Lipinski definition) is 1. The van der Waals surface area contributed by atoms with Crippen LogP contribution in [0.5, 0.6) is 0 Å². The van der Waals surface area contributed by atoms with E-state index in [0.29, 0.717) is 15.8 Å². The van der Waals surface area contributed by atoms with Crippen molar-refractivity contribution in [3.63, 3.8) is 0 Å². The molecule has 1 aliphatic heterocycles. The molecule has 0 bridgehead atoms. The van der Waals surface area contributed by atoms with Crippen molar-refractivity contribution in [3.05, 3.63) is 40.3 Å². The Labute approximate surface area is 146 Å². The Morgan fingerprint density at radius 1 is 1.42 bits per heavy atom. The van der Waals surface area contributed by atoms with Gasteiger partial charge in [-0.2, -0.15) is 0 Å². The summed E-state index contributed by atoms with van der Waals surface area (Å²) in [5.41, 5.74) is 1.41. The number of aromatic nitrogens is 4. The molecule has 24 heavy (non-hydrogen) atoms. The van der Waals surface area contributed by atoms with Crippen LogP contribution in [0.15, 0.2) is 24.5 Å².